The fraction of sp³-hybridized carbons (Fsp3) is 1.00. The molecule has 0 fully saturated rings. The van der Waals surface area contributed by atoms with E-state index >= 15 is 0 Å². The summed E-state index contributed by atoms with van der Waals surface area (Å²) < 4.78 is 0. The van der Waals surface area contributed by atoms with Gasteiger partial charge in [0.25, 0.3) is 0 Å². The van der Waals surface area contributed by atoms with Crippen molar-refractivity contribution in [2.45, 2.75) is 45.1 Å². The lowest BCUT2D eigenvalue weighted by atomic mass is 9.79. The van der Waals surface area contributed by atoms with Gasteiger partial charge in [0.2, 0.25) is 0 Å². The lowest BCUT2D eigenvalue weighted by molar-refractivity contribution is 0.192. The molecule has 0 aromatic heterocycles. The van der Waals surface area contributed by atoms with Crippen LogP contribution in [0.1, 0.15) is 34.6 Å². The zero-order valence-electron chi connectivity index (χ0n) is 8.49. The first-order valence-electron chi connectivity index (χ1n) is 4.36. The zero-order valence-corrected chi connectivity index (χ0v) is 10.00. The second kappa shape index (κ2) is 4.69. The van der Waals surface area contributed by atoms with Crippen molar-refractivity contribution in [3.63, 3.8) is 0 Å². The highest BCUT2D eigenvalue weighted by Gasteiger charge is 2.32. The van der Waals surface area contributed by atoms with Gasteiger partial charge >= 0.3 is 0 Å². The highest BCUT2D eigenvalue weighted by Crippen LogP contribution is 2.27. The van der Waals surface area contributed by atoms with E-state index in [2.05, 4.69) is 39.9 Å². The topological polar surface area (TPSA) is 12.0 Å². The summed E-state index contributed by atoms with van der Waals surface area (Å²) in [7, 11) is 0. The third-order valence-electron chi connectivity index (χ3n) is 2.82. The Labute approximate surface area is 85.8 Å². The van der Waals surface area contributed by atoms with Crippen LogP contribution in [-0.4, -0.2) is 10.5 Å². The molecular weight excluding hydrogens is 193 g/mol. The Morgan fingerprint density at radius 2 is 1.33 bits per heavy atom. The number of rotatable bonds is 4. The summed E-state index contributed by atoms with van der Waals surface area (Å²) in [5, 5.41) is 3.19. The molecule has 1 N–H and O–H groups in total. The zero-order chi connectivity index (χ0) is 9.94. The number of nitrogens with one attached hydrogen (secondary N) is 1. The van der Waals surface area contributed by atoms with Gasteiger partial charge in [0.15, 0.2) is 4.96 Å². The van der Waals surface area contributed by atoms with Crippen LogP contribution in [0.2, 0.25) is 0 Å². The molecule has 0 heterocycles. The van der Waals surface area contributed by atoms with Crippen molar-refractivity contribution in [3.8, 4) is 0 Å². The minimum Gasteiger partial charge on any atom is -0.283 e. The Morgan fingerprint density at radius 3 is 1.42 bits per heavy atom. The van der Waals surface area contributed by atoms with Gasteiger partial charge in [0.05, 0.1) is 0 Å². The normalized spacial score (nSPS) is 13.5. The van der Waals surface area contributed by atoms with Crippen molar-refractivity contribution in [3.05, 3.63) is 0 Å². The van der Waals surface area contributed by atoms with Crippen molar-refractivity contribution >= 4 is 23.2 Å². The summed E-state index contributed by atoms with van der Waals surface area (Å²) in [6, 6.07) is 0. The van der Waals surface area contributed by atoms with Gasteiger partial charge in [-0.1, -0.05) is 50.9 Å². The molecule has 0 aromatic rings. The Balaban J connectivity index is 4.40. The van der Waals surface area contributed by atoms with Gasteiger partial charge in [0.1, 0.15) is 0 Å². The Morgan fingerprint density at radius 1 is 1.00 bits per heavy atom. The van der Waals surface area contributed by atoms with Crippen LogP contribution in [-0.2, 0) is 0 Å². The van der Waals surface area contributed by atoms with Crippen LogP contribution in [0.25, 0.3) is 0 Å². The van der Waals surface area contributed by atoms with Crippen LogP contribution >= 0.6 is 23.2 Å². The maximum absolute atomic E-state index is 5.70. The molecule has 0 unspecified atom stereocenters. The Hall–Kier alpha value is 0.540. The summed E-state index contributed by atoms with van der Waals surface area (Å²) in [6.45, 7) is 10.8. The van der Waals surface area contributed by atoms with Crippen LogP contribution < -0.4 is 5.32 Å². The van der Waals surface area contributed by atoms with Gasteiger partial charge in [-0.15, -0.1) is 0 Å². The van der Waals surface area contributed by atoms with E-state index in [4.69, 9.17) is 23.2 Å². The van der Waals surface area contributed by atoms with E-state index in [0.717, 1.165) is 0 Å². The van der Waals surface area contributed by atoms with Gasteiger partial charge in [0, 0.05) is 5.54 Å². The van der Waals surface area contributed by atoms with Crippen molar-refractivity contribution < 1.29 is 0 Å². The van der Waals surface area contributed by atoms with Crippen LogP contribution in [0.15, 0.2) is 0 Å². The summed E-state index contributed by atoms with van der Waals surface area (Å²) in [5.74, 6) is 1.02. The first-order valence-corrected chi connectivity index (χ1v) is 5.23. The van der Waals surface area contributed by atoms with Gasteiger partial charge in [-0.25, -0.2) is 0 Å². The first-order chi connectivity index (χ1) is 5.30. The number of hydrogen-bond acceptors (Lipinski definition) is 1. The largest absolute Gasteiger partial charge is 0.283 e. The predicted molar refractivity (Wildman–Crippen MR) is 56.7 cm³/mol. The molecule has 12 heavy (non-hydrogen) atoms. The second-order valence-corrected chi connectivity index (χ2v) is 5.13. The van der Waals surface area contributed by atoms with Gasteiger partial charge < -0.3 is 0 Å². The molecule has 0 aromatic carbocycles. The molecule has 0 spiro atoms. The smallest absolute Gasteiger partial charge is 0.158 e. The van der Waals surface area contributed by atoms with Gasteiger partial charge in [-0.3, -0.25) is 5.32 Å². The minimum atomic E-state index is -0.486. The highest BCUT2D eigenvalue weighted by atomic mass is 35.5. The third-order valence-corrected chi connectivity index (χ3v) is 3.04. The van der Waals surface area contributed by atoms with E-state index in [0.29, 0.717) is 11.8 Å². The summed E-state index contributed by atoms with van der Waals surface area (Å²) in [5.41, 5.74) is 0.00810. The summed E-state index contributed by atoms with van der Waals surface area (Å²) >= 11 is 11.4. The van der Waals surface area contributed by atoms with E-state index in [1.54, 1.807) is 0 Å². The SMILES string of the molecule is CC(C)C(C)(NC(Cl)Cl)C(C)C. The lowest BCUT2D eigenvalue weighted by Crippen LogP contribution is -2.52. The van der Waals surface area contributed by atoms with Crippen molar-refractivity contribution in [2.24, 2.45) is 11.8 Å². The maximum Gasteiger partial charge on any atom is 0.158 e. The first kappa shape index (κ1) is 12.5. The van der Waals surface area contributed by atoms with Crippen LogP contribution in [0, 0.1) is 11.8 Å². The molecule has 0 aliphatic heterocycles. The fourth-order valence-corrected chi connectivity index (χ4v) is 1.71. The highest BCUT2D eigenvalue weighted by molar-refractivity contribution is 6.43. The molecule has 3 heteroatoms. The fourth-order valence-electron chi connectivity index (χ4n) is 1.24. The summed E-state index contributed by atoms with van der Waals surface area (Å²) in [4.78, 5) is -0.486. The Kier molecular flexibility index (Phi) is 4.90. The molecule has 0 bridgehead atoms. The molecule has 0 saturated carbocycles. The number of hydrogen-bond donors (Lipinski definition) is 1. The quantitative estimate of drug-likeness (QED) is 0.556. The van der Waals surface area contributed by atoms with Gasteiger partial charge in [-0.05, 0) is 18.8 Å². The maximum atomic E-state index is 5.70. The minimum absolute atomic E-state index is 0.00810. The van der Waals surface area contributed by atoms with Crippen LogP contribution in [0.3, 0.4) is 0 Å². The van der Waals surface area contributed by atoms with E-state index in [9.17, 15) is 0 Å². The van der Waals surface area contributed by atoms with E-state index in [1.165, 1.54) is 0 Å². The van der Waals surface area contributed by atoms with Crippen molar-refractivity contribution in [1.82, 2.24) is 5.32 Å². The molecule has 0 atom stereocenters. The van der Waals surface area contributed by atoms with Gasteiger partial charge in [-0.2, -0.15) is 0 Å². The molecule has 1 nitrogen and oxygen atoms in total. The molecule has 0 radical (unpaired) electrons. The average Bonchev–Trinajstić information content (AvgIpc) is 1.84. The standard InChI is InChI=1S/C9H19Cl2N/c1-6(2)9(5,7(3)4)12-8(10)11/h6-8,12H,1-5H3. The van der Waals surface area contributed by atoms with Crippen molar-refractivity contribution in [2.75, 3.05) is 0 Å². The van der Waals surface area contributed by atoms with Crippen LogP contribution in [0.4, 0.5) is 0 Å². The average molecular weight is 212 g/mol. The molecule has 0 amide bonds. The van der Waals surface area contributed by atoms with E-state index in [-0.39, 0.29) is 5.54 Å². The number of alkyl halides is 2. The lowest BCUT2D eigenvalue weighted by Gasteiger charge is -2.39. The summed E-state index contributed by atoms with van der Waals surface area (Å²) in [6.07, 6.45) is 0. The molecule has 0 aliphatic rings. The van der Waals surface area contributed by atoms with Crippen LogP contribution in [0.5, 0.6) is 0 Å². The number of halogens is 2. The Bertz CT molecular complexity index is 124. The van der Waals surface area contributed by atoms with Crippen molar-refractivity contribution in [1.29, 1.82) is 0 Å². The molecule has 0 saturated heterocycles. The molecule has 0 aliphatic carbocycles. The van der Waals surface area contributed by atoms with E-state index in [1.807, 2.05) is 0 Å². The van der Waals surface area contributed by atoms with E-state index < -0.39 is 4.96 Å². The molecule has 74 valence electrons. The predicted octanol–water partition coefficient (Wildman–Crippen LogP) is 3.41. The third kappa shape index (κ3) is 3.12. The molecular formula is C9H19Cl2N. The molecule has 0 rings (SSSR count). The second-order valence-electron chi connectivity index (χ2n) is 4.04. The monoisotopic (exact) mass is 211 g/mol.